The number of hydrogen-bond acceptors (Lipinski definition) is 4. The standard InChI is InChI=1S/C11H22N2O3S/c14-8-2-7-13-6-1-3-10(9-13)12-17(15,16)11-4-5-11/h10-12,14H,1-9H2. The van der Waals surface area contributed by atoms with Gasteiger partial charge in [0.1, 0.15) is 0 Å². The largest absolute Gasteiger partial charge is 0.396 e. The molecule has 0 aromatic carbocycles. The first-order valence-electron chi connectivity index (χ1n) is 6.46. The molecule has 0 aromatic rings. The van der Waals surface area contributed by atoms with E-state index in [1.54, 1.807) is 0 Å². The molecular weight excluding hydrogens is 240 g/mol. The van der Waals surface area contributed by atoms with Gasteiger partial charge in [-0.25, -0.2) is 13.1 Å². The van der Waals surface area contributed by atoms with E-state index in [1.165, 1.54) is 0 Å². The van der Waals surface area contributed by atoms with Gasteiger partial charge in [-0.15, -0.1) is 0 Å². The number of rotatable bonds is 6. The molecule has 5 nitrogen and oxygen atoms in total. The summed E-state index contributed by atoms with van der Waals surface area (Å²) < 4.78 is 26.5. The number of nitrogens with one attached hydrogen (secondary N) is 1. The van der Waals surface area contributed by atoms with E-state index < -0.39 is 10.0 Å². The van der Waals surface area contributed by atoms with Gasteiger partial charge in [0.15, 0.2) is 0 Å². The average molecular weight is 262 g/mol. The summed E-state index contributed by atoms with van der Waals surface area (Å²) in [5.41, 5.74) is 0. The van der Waals surface area contributed by atoms with Gasteiger partial charge in [-0.2, -0.15) is 0 Å². The summed E-state index contributed by atoms with van der Waals surface area (Å²) in [6.07, 6.45) is 4.36. The fourth-order valence-corrected chi connectivity index (χ4v) is 3.96. The number of aliphatic hydroxyl groups is 1. The normalized spacial score (nSPS) is 27.2. The van der Waals surface area contributed by atoms with E-state index >= 15 is 0 Å². The Bertz CT molecular complexity index is 341. The number of sulfonamides is 1. The van der Waals surface area contributed by atoms with Gasteiger partial charge in [0.2, 0.25) is 10.0 Å². The third kappa shape index (κ3) is 3.91. The highest BCUT2D eigenvalue weighted by atomic mass is 32.2. The van der Waals surface area contributed by atoms with Gasteiger partial charge in [-0.1, -0.05) is 0 Å². The molecule has 1 heterocycles. The minimum Gasteiger partial charge on any atom is -0.396 e. The molecule has 1 unspecified atom stereocenters. The summed E-state index contributed by atoms with van der Waals surface area (Å²) in [4.78, 5) is 2.24. The van der Waals surface area contributed by atoms with Crippen molar-refractivity contribution in [2.75, 3.05) is 26.2 Å². The Morgan fingerprint density at radius 2 is 2.06 bits per heavy atom. The van der Waals surface area contributed by atoms with Crippen molar-refractivity contribution in [3.05, 3.63) is 0 Å². The molecule has 1 saturated heterocycles. The molecule has 0 radical (unpaired) electrons. The van der Waals surface area contributed by atoms with Crippen LogP contribution in [0.1, 0.15) is 32.1 Å². The van der Waals surface area contributed by atoms with E-state index in [0.717, 1.165) is 51.7 Å². The lowest BCUT2D eigenvalue weighted by Crippen LogP contribution is -2.48. The minimum atomic E-state index is -3.06. The zero-order valence-electron chi connectivity index (χ0n) is 10.1. The van der Waals surface area contributed by atoms with Crippen LogP contribution in [-0.4, -0.2) is 56.0 Å². The number of aliphatic hydroxyl groups excluding tert-OH is 1. The Morgan fingerprint density at radius 3 is 2.71 bits per heavy atom. The molecule has 2 N–H and O–H groups in total. The quantitative estimate of drug-likeness (QED) is 0.702. The average Bonchev–Trinajstić information content (AvgIpc) is 3.10. The number of hydrogen-bond donors (Lipinski definition) is 2. The first-order chi connectivity index (χ1) is 8.12. The molecule has 2 fully saturated rings. The highest BCUT2D eigenvalue weighted by Crippen LogP contribution is 2.28. The van der Waals surface area contributed by atoms with Crippen LogP contribution in [0.2, 0.25) is 0 Å². The third-order valence-corrected chi connectivity index (χ3v) is 5.44. The highest BCUT2D eigenvalue weighted by Gasteiger charge is 2.37. The first kappa shape index (κ1) is 13.3. The molecule has 0 spiro atoms. The van der Waals surface area contributed by atoms with Gasteiger partial charge in [0.25, 0.3) is 0 Å². The Balaban J connectivity index is 1.80. The molecule has 1 saturated carbocycles. The number of likely N-dealkylation sites (tertiary alicyclic amines) is 1. The van der Waals surface area contributed by atoms with Crippen molar-refractivity contribution in [2.24, 2.45) is 0 Å². The van der Waals surface area contributed by atoms with Crippen LogP contribution in [0.5, 0.6) is 0 Å². The van der Waals surface area contributed by atoms with Crippen LogP contribution in [0.25, 0.3) is 0 Å². The summed E-state index contributed by atoms with van der Waals surface area (Å²) in [5.74, 6) is 0. The van der Waals surface area contributed by atoms with E-state index in [1.807, 2.05) is 0 Å². The zero-order chi connectivity index (χ0) is 12.3. The molecule has 1 aliphatic heterocycles. The highest BCUT2D eigenvalue weighted by molar-refractivity contribution is 7.90. The maximum Gasteiger partial charge on any atom is 0.214 e. The second-order valence-corrected chi connectivity index (χ2v) is 7.07. The summed E-state index contributed by atoms with van der Waals surface area (Å²) in [7, 11) is -3.06. The van der Waals surface area contributed by atoms with E-state index in [0.29, 0.717) is 0 Å². The van der Waals surface area contributed by atoms with Gasteiger partial charge in [-0.05, 0) is 38.6 Å². The van der Waals surface area contributed by atoms with E-state index in [4.69, 9.17) is 5.11 Å². The van der Waals surface area contributed by atoms with Gasteiger partial charge in [-0.3, -0.25) is 0 Å². The second-order valence-electron chi connectivity index (χ2n) is 5.08. The molecule has 0 bridgehead atoms. The lowest BCUT2D eigenvalue weighted by molar-refractivity contribution is 0.180. The summed E-state index contributed by atoms with van der Waals surface area (Å²) in [6, 6.07) is 0.0630. The van der Waals surface area contributed by atoms with Crippen LogP contribution in [-0.2, 0) is 10.0 Å². The summed E-state index contributed by atoms with van der Waals surface area (Å²) >= 11 is 0. The SMILES string of the molecule is O=S(=O)(NC1CCCN(CCCO)C1)C1CC1. The van der Waals surface area contributed by atoms with Crippen LogP contribution >= 0.6 is 0 Å². The van der Waals surface area contributed by atoms with E-state index in [-0.39, 0.29) is 17.9 Å². The van der Waals surface area contributed by atoms with Crippen molar-refractivity contribution in [1.29, 1.82) is 0 Å². The molecule has 2 rings (SSSR count). The van der Waals surface area contributed by atoms with Crippen molar-refractivity contribution in [1.82, 2.24) is 9.62 Å². The smallest absolute Gasteiger partial charge is 0.214 e. The second kappa shape index (κ2) is 5.65. The van der Waals surface area contributed by atoms with Crippen LogP contribution in [0, 0.1) is 0 Å². The van der Waals surface area contributed by atoms with Gasteiger partial charge in [0, 0.05) is 25.7 Å². The van der Waals surface area contributed by atoms with Crippen molar-refractivity contribution in [2.45, 2.75) is 43.4 Å². The fourth-order valence-electron chi connectivity index (χ4n) is 2.36. The fraction of sp³-hybridized carbons (Fsp3) is 1.00. The maximum atomic E-state index is 11.8. The lowest BCUT2D eigenvalue weighted by Gasteiger charge is -2.32. The van der Waals surface area contributed by atoms with Crippen molar-refractivity contribution in [3.8, 4) is 0 Å². The zero-order valence-corrected chi connectivity index (χ0v) is 11.0. The number of piperidine rings is 1. The Morgan fingerprint density at radius 1 is 1.29 bits per heavy atom. The summed E-state index contributed by atoms with van der Waals surface area (Å²) in [5, 5.41) is 8.66. The molecule has 0 amide bonds. The predicted octanol–water partition coefficient (Wildman–Crippen LogP) is -0.0850. The number of nitrogens with zero attached hydrogens (tertiary/aromatic N) is 1. The van der Waals surface area contributed by atoms with Gasteiger partial charge in [0.05, 0.1) is 5.25 Å². The molecule has 100 valence electrons. The monoisotopic (exact) mass is 262 g/mol. The topological polar surface area (TPSA) is 69.6 Å². The third-order valence-electron chi connectivity index (χ3n) is 3.43. The van der Waals surface area contributed by atoms with Crippen LogP contribution < -0.4 is 4.72 Å². The molecule has 1 atom stereocenters. The lowest BCUT2D eigenvalue weighted by atomic mass is 10.1. The van der Waals surface area contributed by atoms with Crippen molar-refractivity contribution < 1.29 is 13.5 Å². The Hall–Kier alpha value is -0.170. The molecule has 0 aromatic heterocycles. The van der Waals surface area contributed by atoms with Crippen LogP contribution in [0.3, 0.4) is 0 Å². The molecular formula is C11H22N2O3S. The van der Waals surface area contributed by atoms with Gasteiger partial charge >= 0.3 is 0 Å². The van der Waals surface area contributed by atoms with Crippen molar-refractivity contribution >= 4 is 10.0 Å². The predicted molar refractivity (Wildman–Crippen MR) is 66.2 cm³/mol. The van der Waals surface area contributed by atoms with Gasteiger partial charge < -0.3 is 10.0 Å². The van der Waals surface area contributed by atoms with Crippen molar-refractivity contribution in [3.63, 3.8) is 0 Å². The molecule has 2 aliphatic rings. The minimum absolute atomic E-state index is 0.0630. The maximum absolute atomic E-state index is 11.8. The first-order valence-corrected chi connectivity index (χ1v) is 8.01. The van der Waals surface area contributed by atoms with E-state index in [9.17, 15) is 8.42 Å². The molecule has 17 heavy (non-hydrogen) atoms. The summed E-state index contributed by atoms with van der Waals surface area (Å²) in [6.45, 7) is 2.86. The van der Waals surface area contributed by atoms with Crippen LogP contribution in [0.4, 0.5) is 0 Å². The Kier molecular flexibility index (Phi) is 4.41. The Labute approximate surface area is 103 Å². The molecule has 6 heteroatoms. The van der Waals surface area contributed by atoms with Crippen LogP contribution in [0.15, 0.2) is 0 Å². The molecule has 1 aliphatic carbocycles. The van der Waals surface area contributed by atoms with E-state index in [2.05, 4.69) is 9.62 Å².